The molecule has 0 N–H and O–H groups in total. The van der Waals surface area contributed by atoms with E-state index in [0.29, 0.717) is 18.4 Å². The van der Waals surface area contributed by atoms with E-state index in [4.69, 9.17) is 0 Å². The van der Waals surface area contributed by atoms with Crippen molar-refractivity contribution in [2.45, 2.75) is 34.6 Å². The molecule has 0 bridgehead atoms. The Kier molecular flexibility index (Phi) is 6.83. The van der Waals surface area contributed by atoms with E-state index in [2.05, 4.69) is 48.5 Å². The predicted molar refractivity (Wildman–Crippen MR) is 92.4 cm³/mol. The maximum atomic E-state index is 12.1. The monoisotopic (exact) mass is 341 g/mol. The van der Waals surface area contributed by atoms with Crippen molar-refractivity contribution in [1.82, 2.24) is 0 Å². The molecular formula is C16H26BrN2O-. The van der Waals surface area contributed by atoms with Crippen LogP contribution in [0.4, 0.5) is 11.4 Å². The van der Waals surface area contributed by atoms with Gasteiger partial charge < -0.3 is 15.2 Å². The van der Waals surface area contributed by atoms with Crippen LogP contribution >= 0.6 is 15.9 Å². The van der Waals surface area contributed by atoms with E-state index in [-0.39, 0.29) is 0 Å². The molecule has 0 amide bonds. The maximum Gasteiger partial charge on any atom is 0.0597 e. The summed E-state index contributed by atoms with van der Waals surface area (Å²) >= 11 is 3.46. The summed E-state index contributed by atoms with van der Waals surface area (Å²) in [6.45, 7) is 13.1. The number of hydroxylamine groups is 1. The molecule has 0 aromatic heterocycles. The van der Waals surface area contributed by atoms with E-state index in [1.807, 2.05) is 25.1 Å². The fraction of sp³-hybridized carbons (Fsp3) is 0.625. The van der Waals surface area contributed by atoms with Crippen molar-refractivity contribution in [2.24, 2.45) is 11.8 Å². The highest BCUT2D eigenvalue weighted by molar-refractivity contribution is 9.10. The highest BCUT2D eigenvalue weighted by Gasteiger charge is 2.15. The molecule has 1 aromatic rings. The number of hydrogen-bond acceptors (Lipinski definition) is 3. The normalized spacial score (nSPS) is 11.2. The Balaban J connectivity index is 3.16. The molecule has 0 aliphatic rings. The molecule has 0 aliphatic heterocycles. The van der Waals surface area contributed by atoms with Gasteiger partial charge in [-0.05, 0) is 37.0 Å². The molecule has 0 saturated carbocycles. The number of halogens is 1. The summed E-state index contributed by atoms with van der Waals surface area (Å²) < 4.78 is 0.944. The molecule has 0 unspecified atom stereocenters. The summed E-state index contributed by atoms with van der Waals surface area (Å²) in [6, 6.07) is 5.97. The molecule has 114 valence electrons. The van der Waals surface area contributed by atoms with Crippen LogP contribution in [0.2, 0.25) is 0 Å². The summed E-state index contributed by atoms with van der Waals surface area (Å²) in [5.74, 6) is 1.12. The van der Waals surface area contributed by atoms with Gasteiger partial charge in [-0.15, -0.1) is 0 Å². The maximum absolute atomic E-state index is 12.1. The molecule has 1 rings (SSSR count). The van der Waals surface area contributed by atoms with Crippen LogP contribution in [0.15, 0.2) is 22.7 Å². The first-order chi connectivity index (χ1) is 9.35. The number of benzene rings is 1. The Morgan fingerprint density at radius 1 is 1.05 bits per heavy atom. The number of anilines is 2. The van der Waals surface area contributed by atoms with Gasteiger partial charge in [-0.25, -0.2) is 0 Å². The van der Waals surface area contributed by atoms with Gasteiger partial charge in [-0.1, -0.05) is 43.6 Å². The van der Waals surface area contributed by atoms with Crippen molar-refractivity contribution < 1.29 is 0 Å². The van der Waals surface area contributed by atoms with E-state index in [1.165, 1.54) is 0 Å². The Morgan fingerprint density at radius 3 is 2.05 bits per heavy atom. The first kappa shape index (κ1) is 17.3. The molecule has 0 radical (unpaired) electrons. The highest BCUT2D eigenvalue weighted by atomic mass is 79.9. The molecule has 0 atom stereocenters. The Morgan fingerprint density at radius 2 is 1.60 bits per heavy atom. The molecule has 3 nitrogen and oxygen atoms in total. The van der Waals surface area contributed by atoms with Crippen LogP contribution in [0.25, 0.3) is 0 Å². The minimum atomic E-state index is 0.459. The summed E-state index contributed by atoms with van der Waals surface area (Å²) in [4.78, 5) is 2.33. The summed E-state index contributed by atoms with van der Waals surface area (Å²) in [7, 11) is 0. The number of nitrogens with zero attached hydrogens (tertiary/aromatic N) is 2. The third-order valence-electron chi connectivity index (χ3n) is 3.01. The third-order valence-corrected chi connectivity index (χ3v) is 3.50. The largest absolute Gasteiger partial charge is 0.758 e. The van der Waals surface area contributed by atoms with Crippen LogP contribution in [0.1, 0.15) is 34.6 Å². The molecule has 4 heteroatoms. The number of hydrogen-bond donors (Lipinski definition) is 0. The Hall–Kier alpha value is -0.740. The van der Waals surface area contributed by atoms with Crippen molar-refractivity contribution in [3.63, 3.8) is 0 Å². The van der Waals surface area contributed by atoms with Gasteiger partial charge in [0.1, 0.15) is 0 Å². The average molecular weight is 342 g/mol. The zero-order chi connectivity index (χ0) is 15.3. The first-order valence-corrected chi connectivity index (χ1v) is 8.13. The van der Waals surface area contributed by atoms with Gasteiger partial charge in [0, 0.05) is 24.1 Å². The second-order valence-electron chi connectivity index (χ2n) is 6.02. The van der Waals surface area contributed by atoms with Gasteiger partial charge in [0.25, 0.3) is 0 Å². The van der Waals surface area contributed by atoms with Crippen molar-refractivity contribution in [3.05, 3.63) is 27.9 Å². The van der Waals surface area contributed by atoms with Crippen molar-refractivity contribution in [3.8, 4) is 0 Å². The van der Waals surface area contributed by atoms with Gasteiger partial charge in [0.15, 0.2) is 0 Å². The molecule has 0 fully saturated rings. The zero-order valence-electron chi connectivity index (χ0n) is 13.2. The Labute approximate surface area is 131 Å². The zero-order valence-corrected chi connectivity index (χ0v) is 14.8. The lowest BCUT2D eigenvalue weighted by molar-refractivity contribution is 0.552. The molecule has 0 spiro atoms. The van der Waals surface area contributed by atoms with Crippen molar-refractivity contribution >= 4 is 27.3 Å². The summed E-state index contributed by atoms with van der Waals surface area (Å²) in [5.41, 5.74) is 1.79. The van der Waals surface area contributed by atoms with Crippen LogP contribution < -0.4 is 9.96 Å². The van der Waals surface area contributed by atoms with Crippen LogP contribution in [0.3, 0.4) is 0 Å². The molecule has 0 aliphatic carbocycles. The van der Waals surface area contributed by atoms with E-state index in [1.54, 1.807) is 0 Å². The SMILES string of the molecule is CCN([O-])c1cc(Br)ccc1N(CC(C)C)CC(C)C. The lowest BCUT2D eigenvalue weighted by Crippen LogP contribution is -2.32. The molecule has 1 aromatic carbocycles. The standard InChI is InChI=1S/C16H26BrN2O/c1-6-19(20)16-9-14(17)7-8-15(16)18(10-12(2)3)11-13(4)5/h7-9,12-13H,6,10-11H2,1-5H3/q-1. The fourth-order valence-corrected chi connectivity index (χ4v) is 2.64. The molecule has 0 saturated heterocycles. The van der Waals surface area contributed by atoms with Gasteiger partial charge in [-0.3, -0.25) is 0 Å². The molecule has 0 heterocycles. The van der Waals surface area contributed by atoms with Crippen LogP contribution in [-0.2, 0) is 0 Å². The minimum Gasteiger partial charge on any atom is -0.758 e. The summed E-state index contributed by atoms with van der Waals surface area (Å²) in [5, 5.41) is 13.2. The number of rotatable bonds is 7. The van der Waals surface area contributed by atoms with Crippen LogP contribution in [0, 0.1) is 17.0 Å². The fourth-order valence-electron chi connectivity index (χ4n) is 2.29. The van der Waals surface area contributed by atoms with E-state index >= 15 is 0 Å². The van der Waals surface area contributed by atoms with Crippen LogP contribution in [-0.4, -0.2) is 19.6 Å². The van der Waals surface area contributed by atoms with Gasteiger partial charge in [0.2, 0.25) is 0 Å². The Bertz CT molecular complexity index is 411. The van der Waals surface area contributed by atoms with E-state index in [9.17, 15) is 5.21 Å². The third kappa shape index (κ3) is 4.98. The topological polar surface area (TPSA) is 29.5 Å². The second kappa shape index (κ2) is 7.89. The first-order valence-electron chi connectivity index (χ1n) is 7.34. The lowest BCUT2D eigenvalue weighted by atomic mass is 10.1. The molecular weight excluding hydrogens is 316 g/mol. The smallest absolute Gasteiger partial charge is 0.0597 e. The second-order valence-corrected chi connectivity index (χ2v) is 6.94. The highest BCUT2D eigenvalue weighted by Crippen LogP contribution is 2.33. The van der Waals surface area contributed by atoms with Crippen LogP contribution in [0.5, 0.6) is 0 Å². The predicted octanol–water partition coefficient (Wildman–Crippen LogP) is 4.89. The van der Waals surface area contributed by atoms with E-state index in [0.717, 1.165) is 34.0 Å². The quantitative estimate of drug-likeness (QED) is 0.661. The van der Waals surface area contributed by atoms with Crippen molar-refractivity contribution in [2.75, 3.05) is 29.6 Å². The van der Waals surface area contributed by atoms with Gasteiger partial charge in [0.05, 0.1) is 11.4 Å². The van der Waals surface area contributed by atoms with Crippen molar-refractivity contribution in [1.29, 1.82) is 0 Å². The summed E-state index contributed by atoms with van der Waals surface area (Å²) in [6.07, 6.45) is 0. The minimum absolute atomic E-state index is 0.459. The molecule has 20 heavy (non-hydrogen) atoms. The van der Waals surface area contributed by atoms with Gasteiger partial charge in [-0.2, -0.15) is 0 Å². The average Bonchev–Trinajstić information content (AvgIpc) is 2.35. The van der Waals surface area contributed by atoms with E-state index < -0.39 is 0 Å². The van der Waals surface area contributed by atoms with Gasteiger partial charge >= 0.3 is 0 Å². The lowest BCUT2D eigenvalue weighted by Gasteiger charge is -2.37.